The standard InChI is InChI=1S/C6H7NO/c1-7-5-3-2-4(5)6(7)8/h2-5H,1H3/t4-,5-/m1/s1. The number of hydrogen-bond donors (Lipinski definition) is 0. The van der Waals surface area contributed by atoms with E-state index in [0.29, 0.717) is 6.04 Å². The Morgan fingerprint density at radius 3 is 2.50 bits per heavy atom. The van der Waals surface area contributed by atoms with Crippen molar-refractivity contribution in [3.63, 3.8) is 0 Å². The molecule has 0 bridgehead atoms. The Kier molecular flexibility index (Phi) is 0.498. The lowest BCUT2D eigenvalue weighted by Crippen LogP contribution is -2.60. The molecule has 0 radical (unpaired) electrons. The fourth-order valence-corrected chi connectivity index (χ4v) is 1.22. The first-order chi connectivity index (χ1) is 3.80. The van der Waals surface area contributed by atoms with Gasteiger partial charge in [0, 0.05) is 7.05 Å². The van der Waals surface area contributed by atoms with Crippen LogP contribution in [0.4, 0.5) is 0 Å². The van der Waals surface area contributed by atoms with Gasteiger partial charge in [0.05, 0.1) is 12.0 Å². The van der Waals surface area contributed by atoms with E-state index in [1.807, 2.05) is 13.1 Å². The van der Waals surface area contributed by atoms with Crippen molar-refractivity contribution in [2.45, 2.75) is 6.04 Å². The van der Waals surface area contributed by atoms with Gasteiger partial charge in [0.2, 0.25) is 5.91 Å². The van der Waals surface area contributed by atoms with E-state index in [1.54, 1.807) is 4.90 Å². The smallest absolute Gasteiger partial charge is 0.232 e. The van der Waals surface area contributed by atoms with Crippen LogP contribution in [0.2, 0.25) is 0 Å². The highest BCUT2D eigenvalue weighted by Gasteiger charge is 2.46. The zero-order valence-corrected chi connectivity index (χ0v) is 4.66. The Bertz CT molecular complexity index is 173. The summed E-state index contributed by atoms with van der Waals surface area (Å²) in [7, 11) is 1.84. The molecule has 0 aromatic rings. The van der Waals surface area contributed by atoms with E-state index in [2.05, 4.69) is 6.08 Å². The van der Waals surface area contributed by atoms with Gasteiger partial charge in [-0.15, -0.1) is 0 Å². The molecule has 0 N–H and O–H groups in total. The molecule has 8 heavy (non-hydrogen) atoms. The molecule has 2 rings (SSSR count). The van der Waals surface area contributed by atoms with Crippen molar-refractivity contribution in [1.82, 2.24) is 4.90 Å². The predicted molar refractivity (Wildman–Crippen MR) is 29.2 cm³/mol. The maximum atomic E-state index is 10.7. The van der Waals surface area contributed by atoms with Gasteiger partial charge in [-0.05, 0) is 0 Å². The van der Waals surface area contributed by atoms with Crippen LogP contribution >= 0.6 is 0 Å². The van der Waals surface area contributed by atoms with Gasteiger partial charge in [-0.3, -0.25) is 4.79 Å². The molecule has 2 aliphatic rings. The molecule has 1 aliphatic heterocycles. The minimum Gasteiger partial charge on any atom is -0.338 e. The highest BCUT2D eigenvalue weighted by molar-refractivity contribution is 5.90. The van der Waals surface area contributed by atoms with E-state index in [4.69, 9.17) is 0 Å². The summed E-state index contributed by atoms with van der Waals surface area (Å²) in [6, 6.07) is 0.461. The normalized spacial score (nSPS) is 40.6. The van der Waals surface area contributed by atoms with Crippen molar-refractivity contribution >= 4 is 5.91 Å². The van der Waals surface area contributed by atoms with Gasteiger partial charge in [0.15, 0.2) is 0 Å². The Morgan fingerprint density at radius 1 is 1.62 bits per heavy atom. The van der Waals surface area contributed by atoms with Gasteiger partial charge >= 0.3 is 0 Å². The third-order valence-corrected chi connectivity index (χ3v) is 1.96. The third-order valence-electron chi connectivity index (χ3n) is 1.96. The number of β-lactam (4-membered cyclic amide) rings is 1. The van der Waals surface area contributed by atoms with Crippen LogP contribution in [0.1, 0.15) is 0 Å². The van der Waals surface area contributed by atoms with Gasteiger partial charge in [-0.2, -0.15) is 0 Å². The van der Waals surface area contributed by atoms with Gasteiger partial charge in [0.25, 0.3) is 0 Å². The summed E-state index contributed by atoms with van der Waals surface area (Å²) in [5, 5.41) is 0. The van der Waals surface area contributed by atoms with E-state index >= 15 is 0 Å². The van der Waals surface area contributed by atoms with Crippen LogP contribution < -0.4 is 0 Å². The van der Waals surface area contributed by atoms with Crippen molar-refractivity contribution in [2.75, 3.05) is 7.05 Å². The second-order valence-electron chi connectivity index (χ2n) is 2.35. The summed E-state index contributed by atoms with van der Waals surface area (Å²) >= 11 is 0. The van der Waals surface area contributed by atoms with E-state index in [-0.39, 0.29) is 11.8 Å². The Morgan fingerprint density at radius 2 is 2.38 bits per heavy atom. The van der Waals surface area contributed by atoms with Gasteiger partial charge < -0.3 is 4.90 Å². The fraction of sp³-hybridized carbons (Fsp3) is 0.500. The largest absolute Gasteiger partial charge is 0.338 e. The van der Waals surface area contributed by atoms with Crippen molar-refractivity contribution in [3.8, 4) is 0 Å². The van der Waals surface area contributed by atoms with Crippen LogP contribution in [-0.2, 0) is 4.79 Å². The van der Waals surface area contributed by atoms with E-state index < -0.39 is 0 Å². The average Bonchev–Trinajstić information content (AvgIpc) is 1.64. The molecule has 1 aliphatic carbocycles. The molecule has 1 fully saturated rings. The third kappa shape index (κ3) is 0.226. The second kappa shape index (κ2) is 0.966. The number of carbonyl (C=O) groups is 1. The predicted octanol–water partition coefficient (Wildman–Crippen LogP) is 0.0130. The number of likely N-dealkylation sites (tertiary alicyclic amines) is 1. The fourth-order valence-electron chi connectivity index (χ4n) is 1.22. The SMILES string of the molecule is CN1C(=O)[C@@H]2C=C[C@H]21. The van der Waals surface area contributed by atoms with Crippen LogP contribution in [0.3, 0.4) is 0 Å². The van der Waals surface area contributed by atoms with Crippen LogP contribution in [-0.4, -0.2) is 23.9 Å². The zero-order valence-electron chi connectivity index (χ0n) is 4.66. The molecule has 1 saturated heterocycles. The first kappa shape index (κ1) is 4.13. The quantitative estimate of drug-likeness (QED) is 0.317. The molecular formula is C6H7NO. The lowest BCUT2D eigenvalue weighted by molar-refractivity contribution is -0.149. The van der Waals surface area contributed by atoms with Crippen LogP contribution in [0.5, 0.6) is 0 Å². The molecule has 1 amide bonds. The molecule has 0 spiro atoms. The van der Waals surface area contributed by atoms with Gasteiger partial charge in [-0.25, -0.2) is 0 Å². The number of likely N-dealkylation sites (N-methyl/N-ethyl adjacent to an activating group) is 1. The molecule has 0 saturated carbocycles. The summed E-state index contributed by atoms with van der Waals surface area (Å²) in [4.78, 5) is 12.5. The zero-order chi connectivity index (χ0) is 5.72. The van der Waals surface area contributed by atoms with Crippen molar-refractivity contribution < 1.29 is 4.79 Å². The van der Waals surface area contributed by atoms with Crippen LogP contribution in [0.25, 0.3) is 0 Å². The Labute approximate surface area is 47.8 Å². The summed E-state index contributed by atoms with van der Waals surface area (Å²) in [5.41, 5.74) is 0. The summed E-state index contributed by atoms with van der Waals surface area (Å²) in [5.74, 6) is 0.539. The summed E-state index contributed by atoms with van der Waals surface area (Å²) in [6.45, 7) is 0. The Balaban J connectivity index is 2.27. The van der Waals surface area contributed by atoms with E-state index in [0.717, 1.165) is 0 Å². The second-order valence-corrected chi connectivity index (χ2v) is 2.35. The highest BCUT2D eigenvalue weighted by atomic mass is 16.2. The number of carbonyl (C=O) groups excluding carboxylic acids is 1. The monoisotopic (exact) mass is 109 g/mol. The molecule has 0 aromatic heterocycles. The topological polar surface area (TPSA) is 20.3 Å². The van der Waals surface area contributed by atoms with Crippen molar-refractivity contribution in [1.29, 1.82) is 0 Å². The molecule has 1 heterocycles. The minimum atomic E-state index is 0.264. The first-order valence-electron chi connectivity index (χ1n) is 2.76. The molecule has 42 valence electrons. The van der Waals surface area contributed by atoms with Gasteiger partial charge in [-0.1, -0.05) is 12.2 Å². The lowest BCUT2D eigenvalue weighted by Gasteiger charge is -2.47. The number of rotatable bonds is 0. The minimum absolute atomic E-state index is 0.264. The molecule has 0 unspecified atom stereocenters. The molecule has 2 atom stereocenters. The van der Waals surface area contributed by atoms with Crippen molar-refractivity contribution in [2.24, 2.45) is 5.92 Å². The lowest BCUT2D eigenvalue weighted by atomic mass is 9.79. The summed E-state index contributed by atoms with van der Waals surface area (Å²) < 4.78 is 0. The van der Waals surface area contributed by atoms with Crippen LogP contribution in [0.15, 0.2) is 12.2 Å². The molecular weight excluding hydrogens is 102 g/mol. The van der Waals surface area contributed by atoms with Crippen LogP contribution in [0, 0.1) is 5.92 Å². The van der Waals surface area contributed by atoms with E-state index in [9.17, 15) is 4.79 Å². The molecule has 2 heteroatoms. The number of fused-ring (bicyclic) bond motifs is 1. The number of nitrogens with zero attached hydrogens (tertiary/aromatic N) is 1. The highest BCUT2D eigenvalue weighted by Crippen LogP contribution is 2.34. The molecule has 2 nitrogen and oxygen atoms in total. The summed E-state index contributed by atoms with van der Waals surface area (Å²) in [6.07, 6.45) is 4.03. The number of hydrogen-bond acceptors (Lipinski definition) is 1. The maximum Gasteiger partial charge on any atom is 0.232 e. The van der Waals surface area contributed by atoms with Crippen molar-refractivity contribution in [3.05, 3.63) is 12.2 Å². The maximum absolute atomic E-state index is 10.7. The van der Waals surface area contributed by atoms with E-state index in [1.165, 1.54) is 0 Å². The molecule has 0 aromatic carbocycles. The Hall–Kier alpha value is -0.790. The average molecular weight is 109 g/mol. The first-order valence-corrected chi connectivity index (χ1v) is 2.76. The number of amides is 1. The van der Waals surface area contributed by atoms with Gasteiger partial charge in [0.1, 0.15) is 0 Å².